The van der Waals surface area contributed by atoms with Gasteiger partial charge in [0.15, 0.2) is 0 Å². The first-order valence-electron chi connectivity index (χ1n) is 3.36. The largest absolute Gasteiger partial charge is 0.465 e. The number of rotatable bonds is 0. The third kappa shape index (κ3) is 2.48. The van der Waals surface area contributed by atoms with Crippen molar-refractivity contribution >= 4 is 0 Å². The quantitative estimate of drug-likeness (QED) is 0.664. The van der Waals surface area contributed by atoms with Crippen molar-refractivity contribution in [3.8, 4) is 5.75 Å². The fourth-order valence-corrected chi connectivity index (χ4v) is 1.08. The molecule has 0 aliphatic carbocycles. The first-order chi connectivity index (χ1) is 4.97. The Morgan fingerprint density at radius 3 is 2.67 bits per heavy atom. The Labute approximate surface area is 96.7 Å². The molecule has 12 heavy (non-hydrogen) atoms. The predicted octanol–water partition coefficient (Wildman–Crippen LogP) is 2.13. The first-order valence-corrected chi connectivity index (χ1v) is 3.36. The molecule has 0 spiro atoms. The van der Waals surface area contributed by atoms with Crippen molar-refractivity contribution in [1.29, 1.82) is 0 Å². The van der Waals surface area contributed by atoms with Crippen LogP contribution in [0.1, 0.15) is 5.56 Å². The molecule has 2 rings (SSSR count). The average molecular weight is 386 g/mol. The van der Waals surface area contributed by atoms with E-state index in [1.165, 1.54) is 5.56 Å². The van der Waals surface area contributed by atoms with Crippen molar-refractivity contribution in [3.63, 3.8) is 0 Å². The maximum Gasteiger partial charge on any atom is 0.130 e. The van der Waals surface area contributed by atoms with Crippen molar-refractivity contribution in [2.24, 2.45) is 0 Å². The van der Waals surface area contributed by atoms with E-state index in [1.807, 2.05) is 24.3 Å². The van der Waals surface area contributed by atoms with Crippen LogP contribution < -0.4 is 4.74 Å². The maximum absolute atomic E-state index is 5.24. The summed E-state index contributed by atoms with van der Waals surface area (Å²) < 4.78 is 5.24. The molecular formula is C9H8CoOPt. The van der Waals surface area contributed by atoms with E-state index < -0.39 is 0 Å². The predicted molar refractivity (Wildman–Crippen MR) is 39.9 cm³/mol. The molecule has 0 saturated carbocycles. The maximum atomic E-state index is 5.24. The molecular weight excluding hydrogens is 378 g/mol. The summed E-state index contributed by atoms with van der Waals surface area (Å²) in [7, 11) is 0. The zero-order valence-electron chi connectivity index (χ0n) is 6.23. The summed E-state index contributed by atoms with van der Waals surface area (Å²) in [6.07, 6.45) is 4.75. The van der Waals surface area contributed by atoms with Gasteiger partial charge in [0.1, 0.15) is 5.75 Å². The van der Waals surface area contributed by atoms with Gasteiger partial charge in [-0.05, 0) is 24.1 Å². The smallest absolute Gasteiger partial charge is 0.130 e. The normalized spacial score (nSPS) is 11.7. The van der Waals surface area contributed by atoms with Crippen molar-refractivity contribution < 1.29 is 42.6 Å². The molecule has 69 valence electrons. The van der Waals surface area contributed by atoms with Gasteiger partial charge in [-0.2, -0.15) is 0 Å². The van der Waals surface area contributed by atoms with Gasteiger partial charge in [0.05, 0.1) is 6.26 Å². The van der Waals surface area contributed by atoms with Crippen molar-refractivity contribution in [1.82, 2.24) is 0 Å². The van der Waals surface area contributed by atoms with Crippen LogP contribution in [-0.4, -0.2) is 0 Å². The SMILES string of the molecule is C1=COc2ccccc2C1.[Co].[Pt]. The van der Waals surface area contributed by atoms with Crippen LogP contribution in [0.2, 0.25) is 0 Å². The van der Waals surface area contributed by atoms with Gasteiger partial charge in [0.25, 0.3) is 0 Å². The van der Waals surface area contributed by atoms with Crippen LogP contribution in [-0.2, 0) is 44.3 Å². The monoisotopic (exact) mass is 386 g/mol. The number of benzene rings is 1. The van der Waals surface area contributed by atoms with E-state index in [0.29, 0.717) is 0 Å². The summed E-state index contributed by atoms with van der Waals surface area (Å²) in [5.41, 5.74) is 1.27. The first kappa shape index (κ1) is 12.0. The summed E-state index contributed by atoms with van der Waals surface area (Å²) in [6, 6.07) is 8.08. The van der Waals surface area contributed by atoms with E-state index in [0.717, 1.165) is 12.2 Å². The van der Waals surface area contributed by atoms with Gasteiger partial charge in [-0.25, -0.2) is 0 Å². The average Bonchev–Trinajstić information content (AvgIpc) is 2.05. The summed E-state index contributed by atoms with van der Waals surface area (Å²) in [5, 5.41) is 0. The number of para-hydroxylation sites is 1. The number of ether oxygens (including phenoxy) is 1. The second-order valence-corrected chi connectivity index (χ2v) is 2.30. The number of hydrogen-bond donors (Lipinski definition) is 0. The minimum Gasteiger partial charge on any atom is -0.465 e. The van der Waals surface area contributed by atoms with Gasteiger partial charge >= 0.3 is 0 Å². The summed E-state index contributed by atoms with van der Waals surface area (Å²) >= 11 is 0. The summed E-state index contributed by atoms with van der Waals surface area (Å²) in [4.78, 5) is 0. The second kappa shape index (κ2) is 5.57. The van der Waals surface area contributed by atoms with E-state index in [9.17, 15) is 0 Å². The van der Waals surface area contributed by atoms with E-state index in [4.69, 9.17) is 4.74 Å². The van der Waals surface area contributed by atoms with Gasteiger partial charge in [-0.3, -0.25) is 0 Å². The number of hydrogen-bond acceptors (Lipinski definition) is 1. The minimum absolute atomic E-state index is 0. The third-order valence-corrected chi connectivity index (χ3v) is 1.60. The van der Waals surface area contributed by atoms with Gasteiger partial charge in [-0.15, -0.1) is 0 Å². The molecule has 1 aliphatic heterocycles. The molecule has 1 nitrogen and oxygen atoms in total. The topological polar surface area (TPSA) is 9.23 Å². The fraction of sp³-hybridized carbons (Fsp3) is 0.111. The van der Waals surface area contributed by atoms with E-state index in [2.05, 4.69) is 6.07 Å². The Bertz CT molecular complexity index is 246. The number of allylic oxidation sites excluding steroid dienone is 1. The molecule has 0 unspecified atom stereocenters. The Morgan fingerprint density at radius 1 is 1.17 bits per heavy atom. The van der Waals surface area contributed by atoms with Gasteiger partial charge < -0.3 is 4.74 Å². The van der Waals surface area contributed by atoms with Crippen LogP contribution in [0.4, 0.5) is 0 Å². The van der Waals surface area contributed by atoms with Crippen molar-refractivity contribution in [2.45, 2.75) is 6.42 Å². The molecule has 0 saturated heterocycles. The fourth-order valence-electron chi connectivity index (χ4n) is 1.08. The molecule has 1 aromatic rings. The molecule has 0 fully saturated rings. The van der Waals surface area contributed by atoms with Gasteiger partial charge in [0.2, 0.25) is 0 Å². The number of fused-ring (bicyclic) bond motifs is 1. The van der Waals surface area contributed by atoms with Crippen molar-refractivity contribution in [3.05, 3.63) is 42.2 Å². The van der Waals surface area contributed by atoms with Crippen LogP contribution in [0.15, 0.2) is 36.6 Å². The zero-order chi connectivity index (χ0) is 6.81. The summed E-state index contributed by atoms with van der Waals surface area (Å²) in [6.45, 7) is 0. The van der Waals surface area contributed by atoms with Crippen LogP contribution in [0, 0.1) is 0 Å². The summed E-state index contributed by atoms with van der Waals surface area (Å²) in [5.74, 6) is 0.991. The van der Waals surface area contributed by atoms with Gasteiger partial charge in [-0.1, -0.05) is 18.2 Å². The van der Waals surface area contributed by atoms with E-state index in [1.54, 1.807) is 6.26 Å². The molecule has 0 amide bonds. The Hall–Kier alpha value is -0.0452. The van der Waals surface area contributed by atoms with Crippen LogP contribution in [0.5, 0.6) is 5.75 Å². The van der Waals surface area contributed by atoms with E-state index in [-0.39, 0.29) is 37.8 Å². The molecule has 0 aromatic heterocycles. The van der Waals surface area contributed by atoms with Crippen LogP contribution in [0.3, 0.4) is 0 Å². The Morgan fingerprint density at radius 2 is 1.92 bits per heavy atom. The van der Waals surface area contributed by atoms with Crippen LogP contribution in [0.25, 0.3) is 0 Å². The zero-order valence-corrected chi connectivity index (χ0v) is 9.54. The molecule has 0 N–H and O–H groups in total. The molecule has 1 aliphatic rings. The molecule has 1 heterocycles. The molecule has 0 bridgehead atoms. The van der Waals surface area contributed by atoms with Crippen molar-refractivity contribution in [2.75, 3.05) is 0 Å². The third-order valence-electron chi connectivity index (χ3n) is 1.60. The van der Waals surface area contributed by atoms with Gasteiger partial charge in [0, 0.05) is 37.8 Å². The van der Waals surface area contributed by atoms with Crippen LogP contribution >= 0.6 is 0 Å². The van der Waals surface area contributed by atoms with E-state index >= 15 is 0 Å². The molecule has 1 radical (unpaired) electrons. The Balaban J connectivity index is 0.000000605. The second-order valence-electron chi connectivity index (χ2n) is 2.30. The Kier molecular flexibility index (Phi) is 5.55. The standard InChI is InChI=1S/C9H8O.Co.Pt/c1-2-6-9-8(4-1)5-3-7-10-9;;/h1-4,6-7H,5H2;;. The molecule has 1 aromatic carbocycles. The molecule has 3 heteroatoms. The molecule has 0 atom stereocenters. The minimum atomic E-state index is 0.